The number of fused-ring (bicyclic) bond motifs is 1. The Morgan fingerprint density at radius 2 is 1.94 bits per heavy atom. The van der Waals surface area contributed by atoms with Gasteiger partial charge in [0.25, 0.3) is 0 Å². The molecule has 3 saturated heterocycles. The average molecular weight is 451 g/mol. The average Bonchev–Trinajstić information content (AvgIpc) is 3.39. The first-order chi connectivity index (χ1) is 15.1. The second kappa shape index (κ2) is 8.48. The minimum absolute atomic E-state index is 0.0191. The van der Waals surface area contributed by atoms with Crippen molar-refractivity contribution in [2.24, 2.45) is 5.41 Å². The molecule has 2 aromatic heterocycles. The fourth-order valence-corrected chi connectivity index (χ4v) is 6.03. The van der Waals surface area contributed by atoms with Crippen molar-refractivity contribution in [2.75, 3.05) is 51.9 Å². The molecule has 0 aromatic carbocycles. The van der Waals surface area contributed by atoms with E-state index >= 15 is 0 Å². The Hall–Kier alpha value is -2.04. The molecule has 0 aliphatic carbocycles. The number of rotatable bonds is 3. The maximum absolute atomic E-state index is 14.9. The lowest BCUT2D eigenvalue weighted by Crippen LogP contribution is -2.37. The number of amides is 2. The number of halogens is 1. The van der Waals surface area contributed by atoms with E-state index in [0.29, 0.717) is 34.1 Å². The molecule has 168 valence electrons. The number of carbonyl (C=O) groups is 1. The SMILES string of the molecule is COc1nc(F)c(C2CCOCC2)c2sc(NC(=O)N3CCC4(CCOCC4)C3)nc12. The first kappa shape index (κ1) is 20.8. The van der Waals surface area contributed by atoms with Crippen molar-refractivity contribution in [1.29, 1.82) is 0 Å². The topological polar surface area (TPSA) is 85.8 Å². The molecule has 0 atom stereocenters. The van der Waals surface area contributed by atoms with Gasteiger partial charge in [-0.1, -0.05) is 11.3 Å². The maximum atomic E-state index is 14.9. The molecule has 3 fully saturated rings. The summed E-state index contributed by atoms with van der Waals surface area (Å²) in [5.74, 6) is -0.369. The number of urea groups is 1. The molecule has 2 amide bonds. The van der Waals surface area contributed by atoms with E-state index in [4.69, 9.17) is 14.2 Å². The zero-order valence-corrected chi connectivity index (χ0v) is 18.4. The van der Waals surface area contributed by atoms with Crippen LogP contribution in [0.15, 0.2) is 0 Å². The normalized spacial score (nSPS) is 21.7. The van der Waals surface area contributed by atoms with Crippen LogP contribution >= 0.6 is 11.3 Å². The van der Waals surface area contributed by atoms with E-state index in [9.17, 15) is 9.18 Å². The van der Waals surface area contributed by atoms with Gasteiger partial charge in [0.15, 0.2) is 5.13 Å². The van der Waals surface area contributed by atoms with Crippen LogP contribution in [0.4, 0.5) is 14.3 Å². The second-order valence-corrected chi connectivity index (χ2v) is 9.62. The number of carbonyl (C=O) groups excluding carboxylic acids is 1. The van der Waals surface area contributed by atoms with Gasteiger partial charge in [-0.2, -0.15) is 9.37 Å². The van der Waals surface area contributed by atoms with Gasteiger partial charge in [0.1, 0.15) is 5.52 Å². The number of likely N-dealkylation sites (tertiary alicyclic amines) is 1. The monoisotopic (exact) mass is 450 g/mol. The summed E-state index contributed by atoms with van der Waals surface area (Å²) in [6, 6.07) is -0.164. The summed E-state index contributed by atoms with van der Waals surface area (Å²) in [7, 11) is 1.45. The van der Waals surface area contributed by atoms with Gasteiger partial charge < -0.3 is 19.1 Å². The summed E-state index contributed by atoms with van der Waals surface area (Å²) in [6.07, 6.45) is 4.46. The molecule has 0 unspecified atom stereocenters. The molecule has 3 aliphatic heterocycles. The van der Waals surface area contributed by atoms with Gasteiger partial charge >= 0.3 is 6.03 Å². The smallest absolute Gasteiger partial charge is 0.323 e. The second-order valence-electron chi connectivity index (χ2n) is 8.62. The van der Waals surface area contributed by atoms with E-state index in [1.165, 1.54) is 18.4 Å². The van der Waals surface area contributed by atoms with E-state index in [1.807, 2.05) is 4.90 Å². The minimum Gasteiger partial charge on any atom is -0.479 e. The molecule has 1 spiro atoms. The largest absolute Gasteiger partial charge is 0.479 e. The van der Waals surface area contributed by atoms with Crippen LogP contribution in [0.1, 0.15) is 43.6 Å². The highest BCUT2D eigenvalue weighted by Gasteiger charge is 2.41. The summed E-state index contributed by atoms with van der Waals surface area (Å²) < 4.78 is 31.8. The van der Waals surface area contributed by atoms with E-state index < -0.39 is 5.95 Å². The third kappa shape index (κ3) is 3.96. The van der Waals surface area contributed by atoms with Crippen LogP contribution in [0.25, 0.3) is 10.2 Å². The van der Waals surface area contributed by atoms with Crippen molar-refractivity contribution in [2.45, 2.75) is 38.0 Å². The van der Waals surface area contributed by atoms with Crippen molar-refractivity contribution >= 4 is 32.7 Å². The van der Waals surface area contributed by atoms with Crippen LogP contribution in [-0.2, 0) is 9.47 Å². The first-order valence-electron chi connectivity index (χ1n) is 10.8. The lowest BCUT2D eigenvalue weighted by Gasteiger charge is -2.33. The predicted octanol–water partition coefficient (Wildman–Crippen LogP) is 3.77. The number of methoxy groups -OCH3 is 1. The molecule has 0 bridgehead atoms. The van der Waals surface area contributed by atoms with Crippen LogP contribution in [0, 0.1) is 11.4 Å². The molecule has 5 heterocycles. The highest BCUT2D eigenvalue weighted by atomic mass is 32.1. The highest BCUT2D eigenvalue weighted by molar-refractivity contribution is 7.22. The van der Waals surface area contributed by atoms with E-state index in [-0.39, 0.29) is 23.2 Å². The first-order valence-corrected chi connectivity index (χ1v) is 11.7. The number of aromatic nitrogens is 2. The minimum atomic E-state index is -0.529. The predicted molar refractivity (Wildman–Crippen MR) is 114 cm³/mol. The van der Waals surface area contributed by atoms with Crippen LogP contribution in [-0.4, -0.2) is 67.5 Å². The van der Waals surface area contributed by atoms with Crippen molar-refractivity contribution in [3.8, 4) is 5.88 Å². The molecule has 10 heteroatoms. The number of thiazole rings is 1. The lowest BCUT2D eigenvalue weighted by molar-refractivity contribution is 0.0211. The fourth-order valence-electron chi connectivity index (χ4n) is 4.97. The molecule has 1 N–H and O–H groups in total. The number of nitrogens with zero attached hydrogens (tertiary/aromatic N) is 3. The van der Waals surface area contributed by atoms with Crippen LogP contribution in [0.3, 0.4) is 0 Å². The van der Waals surface area contributed by atoms with Crippen molar-refractivity contribution < 1.29 is 23.4 Å². The van der Waals surface area contributed by atoms with E-state index in [2.05, 4.69) is 15.3 Å². The Morgan fingerprint density at radius 3 is 2.68 bits per heavy atom. The summed E-state index contributed by atoms with van der Waals surface area (Å²) in [5.41, 5.74) is 1.22. The number of pyridine rings is 1. The van der Waals surface area contributed by atoms with Crippen molar-refractivity contribution in [3.63, 3.8) is 0 Å². The van der Waals surface area contributed by atoms with Crippen LogP contribution < -0.4 is 10.1 Å². The van der Waals surface area contributed by atoms with E-state index in [1.54, 1.807) is 0 Å². The summed E-state index contributed by atoms with van der Waals surface area (Å²) in [5, 5.41) is 3.37. The molecule has 8 nitrogen and oxygen atoms in total. The molecule has 2 aromatic rings. The van der Waals surface area contributed by atoms with Crippen molar-refractivity contribution in [3.05, 3.63) is 11.5 Å². The molecule has 0 saturated carbocycles. The number of anilines is 1. The zero-order valence-electron chi connectivity index (χ0n) is 17.6. The lowest BCUT2D eigenvalue weighted by atomic mass is 9.80. The van der Waals surface area contributed by atoms with Crippen LogP contribution in [0.5, 0.6) is 5.88 Å². The van der Waals surface area contributed by atoms with E-state index in [0.717, 1.165) is 58.4 Å². The molecular formula is C21H27FN4O4S. The Labute approximate surface area is 184 Å². The molecule has 31 heavy (non-hydrogen) atoms. The summed E-state index contributed by atoms with van der Waals surface area (Å²) in [6.45, 7) is 4.19. The van der Waals surface area contributed by atoms with Gasteiger partial charge in [-0.05, 0) is 43.4 Å². The molecular weight excluding hydrogens is 423 g/mol. The molecule has 0 radical (unpaired) electrons. The standard InChI is InChI=1S/C21H27FN4O4S/c1-28-18-15-16(14(17(22)24-18)13-2-8-29-9-3-13)31-19(23-15)25-20(27)26-7-4-21(12-26)5-10-30-11-6-21/h13H,2-12H2,1H3,(H,23,25,27). The Balaban J connectivity index is 1.39. The number of hydrogen-bond donors (Lipinski definition) is 1. The molecule has 3 aliphatic rings. The number of nitrogens with one attached hydrogen (secondary N) is 1. The third-order valence-corrected chi connectivity index (χ3v) is 7.82. The van der Waals surface area contributed by atoms with Crippen LogP contribution in [0.2, 0.25) is 0 Å². The highest BCUT2D eigenvalue weighted by Crippen LogP contribution is 2.42. The summed E-state index contributed by atoms with van der Waals surface area (Å²) in [4.78, 5) is 23.3. The van der Waals surface area contributed by atoms with Gasteiger partial charge in [0.05, 0.1) is 11.8 Å². The van der Waals surface area contributed by atoms with Gasteiger partial charge in [-0.3, -0.25) is 5.32 Å². The Bertz CT molecular complexity index is 972. The number of ether oxygens (including phenoxy) is 3. The van der Waals surface area contributed by atoms with Gasteiger partial charge in [-0.25, -0.2) is 9.78 Å². The quantitative estimate of drug-likeness (QED) is 0.717. The summed E-state index contributed by atoms with van der Waals surface area (Å²) >= 11 is 1.28. The fraction of sp³-hybridized carbons (Fsp3) is 0.667. The number of hydrogen-bond acceptors (Lipinski definition) is 7. The van der Waals surface area contributed by atoms with Gasteiger partial charge in [0.2, 0.25) is 11.8 Å². The Morgan fingerprint density at radius 1 is 1.19 bits per heavy atom. The third-order valence-electron chi connectivity index (χ3n) is 6.81. The zero-order chi connectivity index (χ0) is 21.4. The maximum Gasteiger partial charge on any atom is 0.323 e. The van der Waals surface area contributed by atoms with Gasteiger partial charge in [0, 0.05) is 45.1 Å². The van der Waals surface area contributed by atoms with Gasteiger partial charge in [-0.15, -0.1) is 0 Å². The van der Waals surface area contributed by atoms with Crippen molar-refractivity contribution in [1.82, 2.24) is 14.9 Å². The molecule has 5 rings (SSSR count). The Kier molecular flexibility index (Phi) is 5.70.